The Morgan fingerprint density at radius 3 is 2.72 bits per heavy atom. The monoisotopic (exact) mass is 469 g/mol. The van der Waals surface area contributed by atoms with E-state index in [0.29, 0.717) is 17.3 Å². The number of esters is 1. The van der Waals surface area contributed by atoms with Crippen LogP contribution in [-0.2, 0) is 20.9 Å². The second kappa shape index (κ2) is 11.0. The SMILES string of the molecule is CSc1cccc(NC(=O)COC(=O)C=Cc2c(C)nn(Cc3ccccc3Cl)c2C)c1. The van der Waals surface area contributed by atoms with Crippen LogP contribution in [0.1, 0.15) is 22.5 Å². The fourth-order valence-corrected chi connectivity index (χ4v) is 3.78. The zero-order chi connectivity index (χ0) is 23.1. The van der Waals surface area contributed by atoms with Crippen molar-refractivity contribution in [2.45, 2.75) is 25.3 Å². The lowest BCUT2D eigenvalue weighted by atomic mass is 10.1. The van der Waals surface area contributed by atoms with Crippen LogP contribution in [0, 0.1) is 13.8 Å². The predicted molar refractivity (Wildman–Crippen MR) is 129 cm³/mol. The van der Waals surface area contributed by atoms with Gasteiger partial charge in [0, 0.05) is 32.9 Å². The topological polar surface area (TPSA) is 73.2 Å². The minimum Gasteiger partial charge on any atom is -0.452 e. The van der Waals surface area contributed by atoms with Gasteiger partial charge in [-0.15, -0.1) is 11.8 Å². The van der Waals surface area contributed by atoms with Gasteiger partial charge >= 0.3 is 5.97 Å². The molecule has 2 aromatic carbocycles. The molecule has 0 bridgehead atoms. The number of benzene rings is 2. The summed E-state index contributed by atoms with van der Waals surface area (Å²) >= 11 is 7.83. The largest absolute Gasteiger partial charge is 0.452 e. The van der Waals surface area contributed by atoms with E-state index in [1.807, 2.05) is 67.2 Å². The number of nitrogens with zero attached hydrogens (tertiary/aromatic N) is 2. The summed E-state index contributed by atoms with van der Waals surface area (Å²) in [5.41, 5.74) is 4.13. The average molecular weight is 470 g/mol. The quantitative estimate of drug-likeness (QED) is 0.281. The van der Waals surface area contributed by atoms with Crippen LogP contribution in [-0.4, -0.2) is 34.5 Å². The molecule has 3 rings (SSSR count). The van der Waals surface area contributed by atoms with E-state index in [1.54, 1.807) is 23.9 Å². The van der Waals surface area contributed by atoms with Gasteiger partial charge in [0.15, 0.2) is 6.61 Å². The zero-order valence-electron chi connectivity index (χ0n) is 18.1. The normalized spacial score (nSPS) is 11.0. The van der Waals surface area contributed by atoms with E-state index >= 15 is 0 Å². The summed E-state index contributed by atoms with van der Waals surface area (Å²) < 4.78 is 6.91. The van der Waals surface area contributed by atoms with Gasteiger partial charge in [-0.3, -0.25) is 9.48 Å². The van der Waals surface area contributed by atoms with Gasteiger partial charge < -0.3 is 10.1 Å². The first kappa shape index (κ1) is 23.6. The molecule has 0 saturated carbocycles. The van der Waals surface area contributed by atoms with Crippen LogP contribution < -0.4 is 5.32 Å². The van der Waals surface area contributed by atoms with Gasteiger partial charge in [-0.05, 0) is 56.0 Å². The molecule has 1 N–H and O–H groups in total. The Labute approximate surface area is 196 Å². The lowest BCUT2D eigenvalue weighted by Gasteiger charge is -2.07. The average Bonchev–Trinajstić information content (AvgIpc) is 3.04. The third-order valence-electron chi connectivity index (χ3n) is 4.80. The number of aromatic nitrogens is 2. The number of thioether (sulfide) groups is 1. The van der Waals surface area contributed by atoms with Crippen molar-refractivity contribution in [2.75, 3.05) is 18.2 Å². The van der Waals surface area contributed by atoms with E-state index in [-0.39, 0.29) is 6.61 Å². The number of anilines is 1. The second-order valence-corrected chi connectivity index (χ2v) is 8.34. The Bertz CT molecular complexity index is 1160. The summed E-state index contributed by atoms with van der Waals surface area (Å²) in [7, 11) is 0. The molecule has 0 aliphatic heterocycles. The summed E-state index contributed by atoms with van der Waals surface area (Å²) in [6.07, 6.45) is 4.92. The number of carbonyl (C=O) groups excluding carboxylic acids is 2. The number of amides is 1. The molecule has 0 aliphatic rings. The number of hydrogen-bond acceptors (Lipinski definition) is 5. The van der Waals surface area contributed by atoms with Crippen LogP contribution in [0.4, 0.5) is 5.69 Å². The van der Waals surface area contributed by atoms with Gasteiger partial charge in [-0.25, -0.2) is 4.79 Å². The Hall–Kier alpha value is -3.03. The van der Waals surface area contributed by atoms with E-state index in [4.69, 9.17) is 16.3 Å². The van der Waals surface area contributed by atoms with Crippen LogP contribution in [0.15, 0.2) is 59.5 Å². The van der Waals surface area contributed by atoms with Gasteiger partial charge in [-0.2, -0.15) is 5.10 Å². The van der Waals surface area contributed by atoms with Crippen LogP contribution in [0.25, 0.3) is 6.08 Å². The zero-order valence-corrected chi connectivity index (χ0v) is 19.7. The van der Waals surface area contributed by atoms with Gasteiger partial charge in [0.2, 0.25) is 0 Å². The highest BCUT2D eigenvalue weighted by Gasteiger charge is 2.12. The van der Waals surface area contributed by atoms with E-state index in [0.717, 1.165) is 27.4 Å². The number of carbonyl (C=O) groups is 2. The van der Waals surface area contributed by atoms with Crippen molar-refractivity contribution >= 4 is 47.0 Å². The molecule has 0 radical (unpaired) electrons. The van der Waals surface area contributed by atoms with Crippen molar-refractivity contribution in [3.05, 3.63) is 82.1 Å². The molecule has 8 heteroatoms. The Kier molecular flexibility index (Phi) is 8.14. The van der Waals surface area contributed by atoms with Crippen molar-refractivity contribution in [1.29, 1.82) is 0 Å². The number of nitrogens with one attached hydrogen (secondary N) is 1. The molecule has 0 aliphatic carbocycles. The molecule has 3 aromatic rings. The molecule has 1 aromatic heterocycles. The maximum Gasteiger partial charge on any atom is 0.331 e. The van der Waals surface area contributed by atoms with Crippen molar-refractivity contribution in [3.8, 4) is 0 Å². The number of hydrogen-bond donors (Lipinski definition) is 1. The number of ether oxygens (including phenoxy) is 1. The molecule has 6 nitrogen and oxygen atoms in total. The third-order valence-corrected chi connectivity index (χ3v) is 5.89. The molecule has 0 atom stereocenters. The number of halogens is 1. The van der Waals surface area contributed by atoms with Gasteiger partial charge in [0.25, 0.3) is 5.91 Å². The first-order chi connectivity index (χ1) is 15.4. The van der Waals surface area contributed by atoms with Gasteiger partial charge in [0.05, 0.1) is 12.2 Å². The molecule has 1 heterocycles. The maximum atomic E-state index is 12.1. The third kappa shape index (κ3) is 6.24. The van der Waals surface area contributed by atoms with E-state index in [9.17, 15) is 9.59 Å². The molecule has 1 amide bonds. The van der Waals surface area contributed by atoms with Crippen molar-refractivity contribution in [2.24, 2.45) is 0 Å². The molecule has 0 spiro atoms. The number of aryl methyl sites for hydroxylation is 1. The maximum absolute atomic E-state index is 12.1. The van der Waals surface area contributed by atoms with E-state index in [2.05, 4.69) is 10.4 Å². The predicted octanol–water partition coefficient (Wildman–Crippen LogP) is 5.12. The molecule has 0 saturated heterocycles. The Morgan fingerprint density at radius 1 is 1.19 bits per heavy atom. The molecule has 32 heavy (non-hydrogen) atoms. The minimum atomic E-state index is -0.601. The first-order valence-corrected chi connectivity index (χ1v) is 11.5. The molecule has 0 fully saturated rings. The van der Waals surface area contributed by atoms with Crippen molar-refractivity contribution in [1.82, 2.24) is 9.78 Å². The summed E-state index contributed by atoms with van der Waals surface area (Å²) in [6.45, 7) is 3.97. The van der Waals surface area contributed by atoms with Gasteiger partial charge in [-0.1, -0.05) is 35.9 Å². The fraction of sp³-hybridized carbons (Fsp3) is 0.208. The smallest absolute Gasteiger partial charge is 0.331 e. The van der Waals surface area contributed by atoms with Crippen molar-refractivity contribution in [3.63, 3.8) is 0 Å². The van der Waals surface area contributed by atoms with E-state index in [1.165, 1.54) is 6.08 Å². The van der Waals surface area contributed by atoms with Crippen LogP contribution in [0.5, 0.6) is 0 Å². The summed E-state index contributed by atoms with van der Waals surface area (Å²) in [5.74, 6) is -0.999. The highest BCUT2D eigenvalue weighted by atomic mass is 35.5. The number of rotatable bonds is 8. The highest BCUT2D eigenvalue weighted by molar-refractivity contribution is 7.98. The summed E-state index contributed by atoms with van der Waals surface area (Å²) in [6, 6.07) is 15.1. The van der Waals surface area contributed by atoms with Crippen LogP contribution in [0.2, 0.25) is 5.02 Å². The Balaban J connectivity index is 1.57. The van der Waals surface area contributed by atoms with E-state index < -0.39 is 11.9 Å². The lowest BCUT2D eigenvalue weighted by molar-refractivity contribution is -0.142. The standard InChI is InChI=1S/C24H24ClN3O3S/c1-16-21(17(2)28(27-16)14-18-7-4-5-10-22(18)25)11-12-24(30)31-15-23(29)26-19-8-6-9-20(13-19)32-3/h4-13H,14-15H2,1-3H3,(H,26,29). The summed E-state index contributed by atoms with van der Waals surface area (Å²) in [4.78, 5) is 25.2. The fourth-order valence-electron chi connectivity index (χ4n) is 3.13. The lowest BCUT2D eigenvalue weighted by Crippen LogP contribution is -2.20. The highest BCUT2D eigenvalue weighted by Crippen LogP contribution is 2.21. The second-order valence-electron chi connectivity index (χ2n) is 7.05. The van der Waals surface area contributed by atoms with Gasteiger partial charge in [0.1, 0.15) is 0 Å². The molecule has 0 unspecified atom stereocenters. The first-order valence-electron chi connectivity index (χ1n) is 9.93. The van der Waals surface area contributed by atoms with Crippen LogP contribution >= 0.6 is 23.4 Å². The molecular weight excluding hydrogens is 446 g/mol. The molecule has 166 valence electrons. The van der Waals surface area contributed by atoms with Crippen molar-refractivity contribution < 1.29 is 14.3 Å². The Morgan fingerprint density at radius 2 is 1.97 bits per heavy atom. The molecular formula is C24H24ClN3O3S. The minimum absolute atomic E-state index is 0.365. The summed E-state index contributed by atoms with van der Waals surface area (Å²) in [5, 5.41) is 7.95. The van der Waals surface area contributed by atoms with Crippen LogP contribution in [0.3, 0.4) is 0 Å².